The topological polar surface area (TPSA) is 12.0 Å². The van der Waals surface area contributed by atoms with Crippen LogP contribution in [0.25, 0.3) is 0 Å². The minimum atomic E-state index is 0.486. The monoisotopic (exact) mass is 227 g/mol. The largest absolute Gasteiger partial charge is 0.316 e. The van der Waals surface area contributed by atoms with Crippen molar-refractivity contribution >= 4 is 0 Å². The van der Waals surface area contributed by atoms with E-state index in [9.17, 15) is 0 Å². The Kier molecular flexibility index (Phi) is 8.09. The fraction of sp³-hybridized carbons (Fsp3) is 1.00. The van der Waals surface area contributed by atoms with Gasteiger partial charge in [0.15, 0.2) is 0 Å². The Labute approximate surface area is 103 Å². The van der Waals surface area contributed by atoms with Gasteiger partial charge in [0.05, 0.1) is 0 Å². The van der Waals surface area contributed by atoms with Crippen LogP contribution >= 0.6 is 0 Å². The van der Waals surface area contributed by atoms with E-state index in [2.05, 4.69) is 46.9 Å². The van der Waals surface area contributed by atoms with Gasteiger partial charge in [-0.1, -0.05) is 60.8 Å². The third-order valence-corrected chi connectivity index (χ3v) is 3.81. The molecule has 1 nitrogen and oxygen atoms in total. The Morgan fingerprint density at radius 3 is 2.12 bits per heavy atom. The standard InChI is InChI=1S/C15H33N/c1-7-9-14(5)15(6,10-8-2)12-16-11-13(3)4/h13-14,16H,7-12H2,1-6H3. The van der Waals surface area contributed by atoms with Crippen molar-refractivity contribution in [3.05, 3.63) is 0 Å². The lowest BCUT2D eigenvalue weighted by Gasteiger charge is -2.36. The molecule has 0 saturated heterocycles. The van der Waals surface area contributed by atoms with Crippen molar-refractivity contribution in [1.82, 2.24) is 5.32 Å². The Morgan fingerprint density at radius 2 is 1.69 bits per heavy atom. The van der Waals surface area contributed by atoms with E-state index in [0.717, 1.165) is 18.4 Å². The average Bonchev–Trinajstić information content (AvgIpc) is 2.17. The number of hydrogen-bond acceptors (Lipinski definition) is 1. The van der Waals surface area contributed by atoms with Crippen molar-refractivity contribution in [1.29, 1.82) is 0 Å². The number of rotatable bonds is 9. The molecule has 0 rings (SSSR count). The number of hydrogen-bond donors (Lipinski definition) is 1. The van der Waals surface area contributed by atoms with E-state index in [1.54, 1.807) is 0 Å². The summed E-state index contributed by atoms with van der Waals surface area (Å²) < 4.78 is 0. The van der Waals surface area contributed by atoms with Crippen LogP contribution in [0.4, 0.5) is 0 Å². The van der Waals surface area contributed by atoms with Crippen LogP contribution in [-0.2, 0) is 0 Å². The summed E-state index contributed by atoms with van der Waals surface area (Å²) in [5.74, 6) is 1.59. The van der Waals surface area contributed by atoms with Gasteiger partial charge >= 0.3 is 0 Å². The molecule has 2 atom stereocenters. The van der Waals surface area contributed by atoms with E-state index >= 15 is 0 Å². The molecule has 0 amide bonds. The molecular formula is C15H33N. The van der Waals surface area contributed by atoms with E-state index in [0.29, 0.717) is 5.41 Å². The quantitative estimate of drug-likeness (QED) is 0.612. The smallest absolute Gasteiger partial charge is 0.000782 e. The Morgan fingerprint density at radius 1 is 1.06 bits per heavy atom. The lowest BCUT2D eigenvalue weighted by atomic mass is 9.72. The van der Waals surface area contributed by atoms with Gasteiger partial charge in [0.1, 0.15) is 0 Å². The molecule has 1 N–H and O–H groups in total. The van der Waals surface area contributed by atoms with Crippen LogP contribution in [0.15, 0.2) is 0 Å². The van der Waals surface area contributed by atoms with Crippen molar-refractivity contribution in [3.63, 3.8) is 0 Å². The first-order valence-corrected chi connectivity index (χ1v) is 7.17. The first-order valence-electron chi connectivity index (χ1n) is 7.17. The van der Waals surface area contributed by atoms with Gasteiger partial charge in [-0.05, 0) is 30.2 Å². The van der Waals surface area contributed by atoms with E-state index in [4.69, 9.17) is 0 Å². The highest BCUT2D eigenvalue weighted by atomic mass is 14.9. The van der Waals surface area contributed by atoms with Crippen LogP contribution in [0.2, 0.25) is 0 Å². The molecule has 0 aliphatic carbocycles. The van der Waals surface area contributed by atoms with Crippen molar-refractivity contribution in [2.75, 3.05) is 13.1 Å². The molecule has 0 radical (unpaired) electrons. The molecular weight excluding hydrogens is 194 g/mol. The molecule has 0 heterocycles. The molecule has 0 aliphatic rings. The van der Waals surface area contributed by atoms with Crippen LogP contribution in [0.5, 0.6) is 0 Å². The molecule has 16 heavy (non-hydrogen) atoms. The van der Waals surface area contributed by atoms with Gasteiger partial charge in [0, 0.05) is 6.54 Å². The van der Waals surface area contributed by atoms with Crippen molar-refractivity contribution < 1.29 is 0 Å². The highest BCUT2D eigenvalue weighted by Gasteiger charge is 2.29. The predicted octanol–water partition coefficient (Wildman–Crippen LogP) is 4.47. The average molecular weight is 227 g/mol. The predicted molar refractivity (Wildman–Crippen MR) is 74.8 cm³/mol. The zero-order valence-corrected chi connectivity index (χ0v) is 12.4. The minimum absolute atomic E-state index is 0.486. The van der Waals surface area contributed by atoms with Crippen molar-refractivity contribution in [2.24, 2.45) is 17.3 Å². The highest BCUT2D eigenvalue weighted by molar-refractivity contribution is 4.82. The Hall–Kier alpha value is -0.0400. The van der Waals surface area contributed by atoms with Crippen LogP contribution < -0.4 is 5.32 Å². The molecule has 0 aromatic heterocycles. The van der Waals surface area contributed by atoms with Gasteiger partial charge in [0.2, 0.25) is 0 Å². The van der Waals surface area contributed by atoms with Crippen molar-refractivity contribution in [3.8, 4) is 0 Å². The first kappa shape index (κ1) is 16.0. The second kappa shape index (κ2) is 8.11. The van der Waals surface area contributed by atoms with E-state index < -0.39 is 0 Å². The van der Waals surface area contributed by atoms with Crippen molar-refractivity contribution in [2.45, 2.75) is 67.2 Å². The van der Waals surface area contributed by atoms with Gasteiger partial charge in [-0.15, -0.1) is 0 Å². The van der Waals surface area contributed by atoms with Crippen LogP contribution in [0.3, 0.4) is 0 Å². The SMILES string of the molecule is CCCC(C)C(C)(CCC)CNCC(C)C. The lowest BCUT2D eigenvalue weighted by Crippen LogP contribution is -2.38. The third kappa shape index (κ3) is 5.89. The first-order chi connectivity index (χ1) is 7.46. The molecule has 2 unspecified atom stereocenters. The normalized spacial score (nSPS) is 17.4. The molecule has 0 bridgehead atoms. The molecule has 0 aromatic rings. The molecule has 98 valence electrons. The Bertz CT molecular complexity index is 165. The summed E-state index contributed by atoms with van der Waals surface area (Å²) in [7, 11) is 0. The highest BCUT2D eigenvalue weighted by Crippen LogP contribution is 2.34. The summed E-state index contributed by atoms with van der Waals surface area (Å²) in [6, 6.07) is 0. The second-order valence-electron chi connectivity index (χ2n) is 6.12. The van der Waals surface area contributed by atoms with Gasteiger partial charge in [-0.25, -0.2) is 0 Å². The van der Waals surface area contributed by atoms with Crippen LogP contribution in [-0.4, -0.2) is 13.1 Å². The second-order valence-corrected chi connectivity index (χ2v) is 6.12. The molecule has 0 fully saturated rings. The van der Waals surface area contributed by atoms with E-state index in [-0.39, 0.29) is 0 Å². The van der Waals surface area contributed by atoms with Gasteiger partial charge in [-0.2, -0.15) is 0 Å². The lowest BCUT2D eigenvalue weighted by molar-refractivity contribution is 0.163. The molecule has 0 saturated carbocycles. The zero-order valence-electron chi connectivity index (χ0n) is 12.4. The maximum atomic E-state index is 3.65. The number of nitrogens with one attached hydrogen (secondary N) is 1. The van der Waals surface area contributed by atoms with E-state index in [1.165, 1.54) is 32.2 Å². The molecule has 0 aromatic carbocycles. The summed E-state index contributed by atoms with van der Waals surface area (Å²) in [6.07, 6.45) is 5.32. The summed E-state index contributed by atoms with van der Waals surface area (Å²) >= 11 is 0. The summed E-state index contributed by atoms with van der Waals surface area (Å²) in [5, 5.41) is 3.65. The zero-order chi connectivity index (χ0) is 12.6. The third-order valence-electron chi connectivity index (χ3n) is 3.81. The summed E-state index contributed by atoms with van der Waals surface area (Å²) in [5.41, 5.74) is 0.486. The van der Waals surface area contributed by atoms with Gasteiger partial charge < -0.3 is 5.32 Å². The van der Waals surface area contributed by atoms with Crippen LogP contribution in [0, 0.1) is 17.3 Å². The van der Waals surface area contributed by atoms with Gasteiger partial charge in [0.25, 0.3) is 0 Å². The summed E-state index contributed by atoms with van der Waals surface area (Å²) in [6.45, 7) is 16.4. The molecule has 0 aliphatic heterocycles. The minimum Gasteiger partial charge on any atom is -0.316 e. The fourth-order valence-electron chi connectivity index (χ4n) is 2.51. The van der Waals surface area contributed by atoms with Gasteiger partial charge in [-0.3, -0.25) is 0 Å². The van der Waals surface area contributed by atoms with Crippen LogP contribution in [0.1, 0.15) is 67.2 Å². The maximum Gasteiger partial charge on any atom is 0.000782 e. The molecule has 1 heteroatoms. The fourth-order valence-corrected chi connectivity index (χ4v) is 2.51. The molecule has 0 spiro atoms. The maximum absolute atomic E-state index is 3.65. The van der Waals surface area contributed by atoms with E-state index in [1.807, 2.05) is 0 Å². The Balaban J connectivity index is 4.20. The summed E-state index contributed by atoms with van der Waals surface area (Å²) in [4.78, 5) is 0.